The summed E-state index contributed by atoms with van der Waals surface area (Å²) in [7, 11) is 0. The van der Waals surface area contributed by atoms with Crippen molar-refractivity contribution in [2.45, 2.75) is 19.9 Å². The lowest BCUT2D eigenvalue weighted by molar-refractivity contribution is -0.116. The average molecular weight is 441 g/mol. The Balaban J connectivity index is 1.35. The zero-order valence-corrected chi connectivity index (χ0v) is 18.2. The van der Waals surface area contributed by atoms with Gasteiger partial charge in [0.15, 0.2) is 0 Å². The largest absolute Gasteiger partial charge is 0.325 e. The van der Waals surface area contributed by atoms with Crippen molar-refractivity contribution in [3.63, 3.8) is 0 Å². The van der Waals surface area contributed by atoms with E-state index < -0.39 is 0 Å². The van der Waals surface area contributed by atoms with E-state index in [9.17, 15) is 9.59 Å². The molecule has 0 saturated heterocycles. The third kappa shape index (κ3) is 3.90. The Kier molecular flexibility index (Phi) is 5.25. The number of hydrogen-bond acceptors (Lipinski definition) is 5. The van der Waals surface area contributed by atoms with Gasteiger partial charge in [0.05, 0.1) is 29.1 Å². The molecule has 0 unspecified atom stereocenters. The van der Waals surface area contributed by atoms with Crippen LogP contribution in [0, 0.1) is 6.92 Å². The number of anilines is 1. The summed E-state index contributed by atoms with van der Waals surface area (Å²) in [6.07, 6.45) is 3.31. The van der Waals surface area contributed by atoms with Crippen molar-refractivity contribution < 1.29 is 4.79 Å². The molecule has 3 heterocycles. The van der Waals surface area contributed by atoms with Crippen LogP contribution in [0.15, 0.2) is 77.3 Å². The monoisotopic (exact) mass is 440 g/mol. The number of aromatic nitrogens is 3. The fourth-order valence-corrected chi connectivity index (χ4v) is 4.56. The zero-order valence-electron chi connectivity index (χ0n) is 17.4. The minimum Gasteiger partial charge on any atom is -0.325 e. The predicted octanol–water partition coefficient (Wildman–Crippen LogP) is 5.01. The Morgan fingerprint density at radius 1 is 1.09 bits per heavy atom. The second-order valence-corrected chi connectivity index (χ2v) is 8.51. The molecular weight excluding hydrogens is 420 g/mol. The number of aryl methyl sites for hydroxylation is 2. The van der Waals surface area contributed by atoms with E-state index in [2.05, 4.69) is 15.3 Å². The third-order valence-electron chi connectivity index (χ3n) is 5.38. The minimum absolute atomic E-state index is 0.132. The molecule has 0 spiro atoms. The molecule has 3 aromatic heterocycles. The smallest absolute Gasteiger partial charge is 0.262 e. The van der Waals surface area contributed by atoms with E-state index in [4.69, 9.17) is 0 Å². The fraction of sp³-hybridized carbons (Fsp3) is 0.120. The van der Waals surface area contributed by atoms with Crippen LogP contribution in [0.1, 0.15) is 12.0 Å². The van der Waals surface area contributed by atoms with Crippen LogP contribution < -0.4 is 10.9 Å². The summed E-state index contributed by atoms with van der Waals surface area (Å²) in [4.78, 5) is 35.2. The number of benzene rings is 2. The van der Waals surface area contributed by atoms with Crippen LogP contribution in [0.2, 0.25) is 0 Å². The summed E-state index contributed by atoms with van der Waals surface area (Å²) < 4.78 is 1.50. The average Bonchev–Trinajstić information content (AvgIpc) is 3.24. The van der Waals surface area contributed by atoms with E-state index in [0.29, 0.717) is 15.9 Å². The number of para-hydroxylation sites is 1. The second-order valence-electron chi connectivity index (χ2n) is 7.65. The lowest BCUT2D eigenvalue weighted by Crippen LogP contribution is -2.23. The maximum absolute atomic E-state index is 13.2. The van der Waals surface area contributed by atoms with Gasteiger partial charge in [0, 0.05) is 29.3 Å². The van der Waals surface area contributed by atoms with Crippen LogP contribution in [0.4, 0.5) is 5.69 Å². The summed E-state index contributed by atoms with van der Waals surface area (Å²) in [5.41, 5.74) is 4.40. The number of fused-ring (bicyclic) bond motifs is 2. The van der Waals surface area contributed by atoms with Crippen molar-refractivity contribution in [3.05, 3.63) is 88.4 Å². The summed E-state index contributed by atoms with van der Waals surface area (Å²) >= 11 is 1.45. The number of carbonyl (C=O) groups is 1. The topological polar surface area (TPSA) is 76.9 Å². The molecule has 0 fully saturated rings. The number of hydrogen-bond donors (Lipinski definition) is 1. The molecule has 0 saturated carbocycles. The Hall–Kier alpha value is -3.84. The SMILES string of the molecule is Cc1ccc(-c2csc3ncn(CCC(=O)Nc4cnc5ccccc5c4)c(=O)c23)cc1. The van der Waals surface area contributed by atoms with Crippen LogP contribution in [0.5, 0.6) is 0 Å². The molecule has 6 nitrogen and oxygen atoms in total. The highest BCUT2D eigenvalue weighted by Gasteiger charge is 2.14. The van der Waals surface area contributed by atoms with E-state index in [-0.39, 0.29) is 24.4 Å². The number of thiophene rings is 1. The summed E-state index contributed by atoms with van der Waals surface area (Å²) in [5, 5.41) is 6.38. The molecule has 0 atom stereocenters. The summed E-state index contributed by atoms with van der Waals surface area (Å²) in [6.45, 7) is 2.28. The number of rotatable bonds is 5. The predicted molar refractivity (Wildman–Crippen MR) is 129 cm³/mol. The standard InChI is InChI=1S/C25H20N4O2S/c1-16-6-8-17(9-7-16)20-14-32-24-23(20)25(31)29(15-27-24)11-10-22(30)28-19-12-18-4-2-3-5-21(18)26-13-19/h2-9,12-15H,10-11H2,1H3,(H,28,30). The molecule has 158 valence electrons. The molecule has 5 aromatic rings. The number of carbonyl (C=O) groups excluding carboxylic acids is 1. The fourth-order valence-electron chi connectivity index (χ4n) is 3.66. The van der Waals surface area contributed by atoms with Crippen molar-refractivity contribution in [3.8, 4) is 11.1 Å². The summed E-state index contributed by atoms with van der Waals surface area (Å²) in [6, 6.07) is 17.7. The minimum atomic E-state index is -0.182. The Morgan fingerprint density at radius 3 is 2.75 bits per heavy atom. The van der Waals surface area contributed by atoms with Gasteiger partial charge in [-0.3, -0.25) is 19.1 Å². The number of amides is 1. The lowest BCUT2D eigenvalue weighted by Gasteiger charge is -2.08. The van der Waals surface area contributed by atoms with Gasteiger partial charge in [0.1, 0.15) is 4.83 Å². The van der Waals surface area contributed by atoms with E-state index in [1.807, 2.05) is 66.9 Å². The van der Waals surface area contributed by atoms with Gasteiger partial charge < -0.3 is 5.32 Å². The van der Waals surface area contributed by atoms with E-state index in [0.717, 1.165) is 27.6 Å². The Morgan fingerprint density at radius 2 is 1.91 bits per heavy atom. The van der Waals surface area contributed by atoms with Crippen LogP contribution in [-0.2, 0) is 11.3 Å². The van der Waals surface area contributed by atoms with Gasteiger partial charge in [-0.2, -0.15) is 0 Å². The van der Waals surface area contributed by atoms with Crippen LogP contribution >= 0.6 is 11.3 Å². The van der Waals surface area contributed by atoms with Crippen molar-refractivity contribution in [2.75, 3.05) is 5.32 Å². The molecule has 0 radical (unpaired) electrons. The molecule has 0 aliphatic rings. The van der Waals surface area contributed by atoms with Crippen LogP contribution in [-0.4, -0.2) is 20.4 Å². The van der Waals surface area contributed by atoms with Gasteiger partial charge in [-0.1, -0.05) is 48.0 Å². The van der Waals surface area contributed by atoms with Gasteiger partial charge in [-0.05, 0) is 24.6 Å². The third-order valence-corrected chi connectivity index (χ3v) is 6.26. The highest BCUT2D eigenvalue weighted by molar-refractivity contribution is 7.17. The van der Waals surface area contributed by atoms with Crippen molar-refractivity contribution in [1.82, 2.24) is 14.5 Å². The van der Waals surface area contributed by atoms with Gasteiger partial charge in [-0.25, -0.2) is 4.98 Å². The molecule has 1 N–H and O–H groups in total. The quantitative estimate of drug-likeness (QED) is 0.417. The maximum Gasteiger partial charge on any atom is 0.262 e. The van der Waals surface area contributed by atoms with E-state index >= 15 is 0 Å². The first kappa shape index (κ1) is 20.1. The number of pyridine rings is 1. The molecular formula is C25H20N4O2S. The van der Waals surface area contributed by atoms with Crippen LogP contribution in [0.3, 0.4) is 0 Å². The number of nitrogens with zero attached hydrogens (tertiary/aromatic N) is 3. The Labute approximate surface area is 188 Å². The molecule has 0 aliphatic heterocycles. The van der Waals surface area contributed by atoms with Gasteiger partial charge >= 0.3 is 0 Å². The van der Waals surface area contributed by atoms with E-state index in [1.54, 1.807) is 6.20 Å². The molecule has 5 rings (SSSR count). The Bertz CT molecular complexity index is 1500. The van der Waals surface area contributed by atoms with Gasteiger partial charge in [-0.15, -0.1) is 11.3 Å². The first-order valence-corrected chi connectivity index (χ1v) is 11.1. The second kappa shape index (κ2) is 8.36. The molecule has 32 heavy (non-hydrogen) atoms. The maximum atomic E-state index is 13.2. The lowest BCUT2D eigenvalue weighted by atomic mass is 10.1. The molecule has 0 aliphatic carbocycles. The highest BCUT2D eigenvalue weighted by atomic mass is 32.1. The molecule has 7 heteroatoms. The van der Waals surface area contributed by atoms with Crippen molar-refractivity contribution >= 4 is 44.1 Å². The van der Waals surface area contributed by atoms with Crippen molar-refractivity contribution in [2.24, 2.45) is 0 Å². The molecule has 1 amide bonds. The van der Waals surface area contributed by atoms with E-state index in [1.165, 1.54) is 22.2 Å². The first-order chi connectivity index (χ1) is 15.6. The van der Waals surface area contributed by atoms with Gasteiger partial charge in [0.25, 0.3) is 5.56 Å². The molecule has 0 bridgehead atoms. The van der Waals surface area contributed by atoms with Crippen LogP contribution in [0.25, 0.3) is 32.2 Å². The normalized spacial score (nSPS) is 11.2. The number of nitrogens with one attached hydrogen (secondary N) is 1. The van der Waals surface area contributed by atoms with Gasteiger partial charge in [0.2, 0.25) is 5.91 Å². The van der Waals surface area contributed by atoms with Crippen molar-refractivity contribution in [1.29, 1.82) is 0 Å². The first-order valence-electron chi connectivity index (χ1n) is 10.3. The summed E-state index contributed by atoms with van der Waals surface area (Å²) in [5.74, 6) is -0.182. The molecule has 2 aromatic carbocycles. The zero-order chi connectivity index (χ0) is 22.1. The highest BCUT2D eigenvalue weighted by Crippen LogP contribution is 2.30.